The fourth-order valence-corrected chi connectivity index (χ4v) is 4.80. The second-order valence-electron chi connectivity index (χ2n) is 7.99. The summed E-state index contributed by atoms with van der Waals surface area (Å²) in [6.45, 7) is 3.29. The van der Waals surface area contributed by atoms with Crippen molar-refractivity contribution in [1.82, 2.24) is 14.8 Å². The predicted octanol–water partition coefficient (Wildman–Crippen LogP) is 3.10. The Morgan fingerprint density at radius 3 is 2.42 bits per heavy atom. The smallest absolute Gasteiger partial charge is 0.232 e. The normalized spacial score (nSPS) is 18.3. The summed E-state index contributed by atoms with van der Waals surface area (Å²) < 4.78 is 2.06. The molecule has 3 heterocycles. The number of halogens is 2. The number of anilines is 2. The van der Waals surface area contributed by atoms with Crippen molar-refractivity contribution in [2.45, 2.75) is 12.8 Å². The summed E-state index contributed by atoms with van der Waals surface area (Å²) in [4.78, 5) is 16.6. The molecule has 0 aliphatic carbocycles. The van der Waals surface area contributed by atoms with Gasteiger partial charge in [0.1, 0.15) is 5.82 Å². The second kappa shape index (κ2) is 8.05. The van der Waals surface area contributed by atoms with Gasteiger partial charge in [-0.15, -0.1) is 10.2 Å². The van der Waals surface area contributed by atoms with E-state index < -0.39 is 0 Å². The standard InChI is InChI=1S/C22H22Cl2N6O/c23-16-2-1-3-18(13-16)28-6-8-29(9-7-28)22-27-26-20-12-15(21(25)31)10-14-11-17(24)4-5-19(14)30(20)22/h1-5,11,13,15H,6-10,12H2,(H2,25,31). The first-order chi connectivity index (χ1) is 15.0. The van der Waals surface area contributed by atoms with E-state index in [0.717, 1.165) is 59.9 Å². The number of nitrogens with two attached hydrogens (primary N) is 1. The van der Waals surface area contributed by atoms with Crippen LogP contribution < -0.4 is 15.5 Å². The van der Waals surface area contributed by atoms with Crippen molar-refractivity contribution in [3.05, 3.63) is 63.9 Å². The number of fused-ring (bicyclic) bond motifs is 3. The maximum Gasteiger partial charge on any atom is 0.232 e. The highest BCUT2D eigenvalue weighted by Gasteiger charge is 2.31. The van der Waals surface area contributed by atoms with Crippen LogP contribution in [0.15, 0.2) is 42.5 Å². The summed E-state index contributed by atoms with van der Waals surface area (Å²) in [5, 5.41) is 10.3. The molecule has 3 aromatic rings. The van der Waals surface area contributed by atoms with Crippen molar-refractivity contribution < 1.29 is 4.79 Å². The minimum Gasteiger partial charge on any atom is -0.369 e. The Bertz CT molecular complexity index is 1140. The number of aromatic nitrogens is 3. The van der Waals surface area contributed by atoms with E-state index in [1.54, 1.807) is 0 Å². The number of carbonyl (C=O) groups excluding carboxylic acids is 1. The van der Waals surface area contributed by atoms with Crippen LogP contribution in [0.4, 0.5) is 11.6 Å². The van der Waals surface area contributed by atoms with Gasteiger partial charge in [-0.2, -0.15) is 0 Å². The molecule has 0 saturated carbocycles. The average Bonchev–Trinajstić information content (AvgIpc) is 3.09. The Hall–Kier alpha value is -2.77. The summed E-state index contributed by atoms with van der Waals surface area (Å²) in [7, 11) is 0. The van der Waals surface area contributed by atoms with Crippen molar-refractivity contribution in [2.24, 2.45) is 11.7 Å². The van der Waals surface area contributed by atoms with E-state index in [2.05, 4.69) is 30.6 Å². The molecule has 1 aromatic heterocycles. The minimum absolute atomic E-state index is 0.334. The van der Waals surface area contributed by atoms with Gasteiger partial charge in [-0.1, -0.05) is 29.3 Å². The molecule has 0 radical (unpaired) electrons. The summed E-state index contributed by atoms with van der Waals surface area (Å²) in [6.07, 6.45) is 0.994. The fourth-order valence-electron chi connectivity index (χ4n) is 4.42. The van der Waals surface area contributed by atoms with Crippen molar-refractivity contribution in [2.75, 3.05) is 36.0 Å². The van der Waals surface area contributed by atoms with Gasteiger partial charge in [0.25, 0.3) is 0 Å². The van der Waals surface area contributed by atoms with Gasteiger partial charge in [0, 0.05) is 54.3 Å². The highest BCUT2D eigenvalue weighted by molar-refractivity contribution is 6.31. The molecule has 2 N–H and O–H groups in total. The lowest BCUT2D eigenvalue weighted by Gasteiger charge is -2.36. The molecule has 1 saturated heterocycles. The molecule has 2 aromatic carbocycles. The third kappa shape index (κ3) is 3.83. The van der Waals surface area contributed by atoms with E-state index in [1.807, 2.05) is 36.4 Å². The van der Waals surface area contributed by atoms with E-state index in [-0.39, 0.29) is 11.8 Å². The van der Waals surface area contributed by atoms with Gasteiger partial charge in [0.15, 0.2) is 0 Å². The predicted molar refractivity (Wildman–Crippen MR) is 122 cm³/mol. The number of nitrogens with zero attached hydrogens (tertiary/aromatic N) is 5. The molecule has 9 heteroatoms. The number of benzene rings is 2. The van der Waals surface area contributed by atoms with E-state index in [0.29, 0.717) is 17.9 Å². The van der Waals surface area contributed by atoms with E-state index in [4.69, 9.17) is 28.9 Å². The SMILES string of the molecule is NC(=O)C1Cc2cc(Cl)ccc2-n2c(nnc2N2CCN(c3cccc(Cl)c3)CC2)C1. The summed E-state index contributed by atoms with van der Waals surface area (Å²) >= 11 is 12.4. The van der Waals surface area contributed by atoms with Crippen LogP contribution in [0, 0.1) is 5.92 Å². The van der Waals surface area contributed by atoms with Gasteiger partial charge in [0.2, 0.25) is 11.9 Å². The number of amides is 1. The first-order valence-corrected chi connectivity index (χ1v) is 11.0. The quantitative estimate of drug-likeness (QED) is 0.654. The highest BCUT2D eigenvalue weighted by Crippen LogP contribution is 2.32. The molecule has 7 nitrogen and oxygen atoms in total. The highest BCUT2D eigenvalue weighted by atomic mass is 35.5. The number of hydrogen-bond donors (Lipinski definition) is 1. The lowest BCUT2D eigenvalue weighted by Crippen LogP contribution is -2.47. The molecular weight excluding hydrogens is 435 g/mol. The molecule has 5 rings (SSSR count). The molecule has 2 aliphatic rings. The molecule has 31 heavy (non-hydrogen) atoms. The Morgan fingerprint density at radius 1 is 0.935 bits per heavy atom. The number of primary amides is 1. The van der Waals surface area contributed by atoms with E-state index in [1.165, 1.54) is 0 Å². The van der Waals surface area contributed by atoms with Gasteiger partial charge in [-0.25, -0.2) is 0 Å². The molecule has 0 spiro atoms. The van der Waals surface area contributed by atoms with Crippen LogP contribution in [-0.2, 0) is 17.6 Å². The van der Waals surface area contributed by atoms with Gasteiger partial charge in [-0.05, 0) is 48.4 Å². The zero-order chi connectivity index (χ0) is 21.5. The van der Waals surface area contributed by atoms with Crippen LogP contribution in [0.2, 0.25) is 10.0 Å². The molecular formula is C22H22Cl2N6O. The van der Waals surface area contributed by atoms with E-state index in [9.17, 15) is 4.79 Å². The summed E-state index contributed by atoms with van der Waals surface area (Å²) in [5.74, 6) is 0.862. The third-order valence-electron chi connectivity index (χ3n) is 6.03. The second-order valence-corrected chi connectivity index (χ2v) is 8.86. The van der Waals surface area contributed by atoms with Crippen LogP contribution in [0.5, 0.6) is 0 Å². The van der Waals surface area contributed by atoms with Gasteiger partial charge < -0.3 is 15.5 Å². The van der Waals surface area contributed by atoms with Gasteiger partial charge in [-0.3, -0.25) is 9.36 Å². The van der Waals surface area contributed by atoms with Crippen molar-refractivity contribution in [1.29, 1.82) is 0 Å². The van der Waals surface area contributed by atoms with Crippen LogP contribution in [0.25, 0.3) is 5.69 Å². The Kier molecular flexibility index (Phi) is 5.24. The zero-order valence-corrected chi connectivity index (χ0v) is 18.4. The molecule has 1 unspecified atom stereocenters. The maximum atomic E-state index is 12.0. The molecule has 0 bridgehead atoms. The van der Waals surface area contributed by atoms with Gasteiger partial charge in [0.05, 0.1) is 5.69 Å². The monoisotopic (exact) mass is 456 g/mol. The topological polar surface area (TPSA) is 80.3 Å². The molecule has 1 atom stereocenters. The summed E-state index contributed by atoms with van der Waals surface area (Å²) in [6, 6.07) is 13.7. The van der Waals surface area contributed by atoms with Crippen LogP contribution >= 0.6 is 23.2 Å². The number of piperazine rings is 1. The van der Waals surface area contributed by atoms with E-state index >= 15 is 0 Å². The van der Waals surface area contributed by atoms with Crippen LogP contribution in [-0.4, -0.2) is 46.9 Å². The lowest BCUT2D eigenvalue weighted by atomic mass is 9.96. The molecule has 1 fully saturated rings. The lowest BCUT2D eigenvalue weighted by molar-refractivity contribution is -0.121. The fraction of sp³-hybridized carbons (Fsp3) is 0.318. The van der Waals surface area contributed by atoms with Crippen LogP contribution in [0.3, 0.4) is 0 Å². The average molecular weight is 457 g/mol. The first kappa shape index (κ1) is 20.2. The molecule has 1 amide bonds. The third-order valence-corrected chi connectivity index (χ3v) is 6.50. The van der Waals surface area contributed by atoms with Crippen molar-refractivity contribution >= 4 is 40.7 Å². The summed E-state index contributed by atoms with van der Waals surface area (Å²) in [5.41, 5.74) is 8.73. The maximum absolute atomic E-state index is 12.0. The molecule has 2 aliphatic heterocycles. The minimum atomic E-state index is -0.338. The zero-order valence-electron chi connectivity index (χ0n) is 16.8. The Morgan fingerprint density at radius 2 is 1.68 bits per heavy atom. The largest absolute Gasteiger partial charge is 0.369 e. The van der Waals surface area contributed by atoms with Gasteiger partial charge >= 0.3 is 0 Å². The number of rotatable bonds is 3. The Balaban J connectivity index is 1.46. The van der Waals surface area contributed by atoms with Crippen molar-refractivity contribution in [3.63, 3.8) is 0 Å². The Labute approximate surface area is 190 Å². The molecule has 160 valence electrons. The first-order valence-electron chi connectivity index (χ1n) is 10.3. The van der Waals surface area contributed by atoms with Crippen LogP contribution in [0.1, 0.15) is 11.4 Å². The van der Waals surface area contributed by atoms with Crippen molar-refractivity contribution in [3.8, 4) is 5.69 Å². The number of hydrogen-bond acceptors (Lipinski definition) is 5. The number of carbonyl (C=O) groups is 1.